The molecule has 0 fully saturated rings. The van der Waals surface area contributed by atoms with E-state index in [0.29, 0.717) is 19.8 Å². The van der Waals surface area contributed by atoms with E-state index >= 15 is 0 Å². The number of aromatic nitrogens is 2. The van der Waals surface area contributed by atoms with Crippen LogP contribution in [-0.2, 0) is 11.2 Å². The van der Waals surface area contributed by atoms with Gasteiger partial charge >= 0.3 is 11.8 Å². The Morgan fingerprint density at radius 1 is 1.55 bits per heavy atom. The molecule has 0 saturated heterocycles. The van der Waals surface area contributed by atoms with Crippen molar-refractivity contribution in [3.8, 4) is 0 Å². The van der Waals surface area contributed by atoms with Gasteiger partial charge in [0.25, 0.3) is 0 Å². The molecule has 0 aliphatic heterocycles. The summed E-state index contributed by atoms with van der Waals surface area (Å²) in [7, 11) is 0. The fourth-order valence-corrected chi connectivity index (χ4v) is 3.55. The zero-order valence-corrected chi connectivity index (χ0v) is 11.9. The molecule has 0 atom stereocenters. The van der Waals surface area contributed by atoms with Crippen molar-refractivity contribution in [2.75, 3.05) is 0 Å². The van der Waals surface area contributed by atoms with Crippen molar-refractivity contribution in [1.29, 1.82) is 0 Å². The number of aliphatic carboxylic acids is 1. The zero-order valence-electron chi connectivity index (χ0n) is 10.3. The first-order chi connectivity index (χ1) is 9.45. The molecule has 2 rings (SSSR count). The standard InChI is InChI=1S/C11H9N3O4S2/c1-6-8(4-10(15)16)20-11(13-6)19-7-2-3-9(12-5-7)14(17)18/h2-3,5H,4H2,1H3,(H,15,16). The summed E-state index contributed by atoms with van der Waals surface area (Å²) in [5.41, 5.74) is 0.690. The minimum atomic E-state index is -0.898. The highest BCUT2D eigenvalue weighted by Crippen LogP contribution is 2.33. The van der Waals surface area contributed by atoms with Crippen LogP contribution in [0.5, 0.6) is 0 Å². The number of thiazole rings is 1. The highest BCUT2D eigenvalue weighted by molar-refractivity contribution is 8.01. The molecule has 0 amide bonds. The third kappa shape index (κ3) is 3.52. The van der Waals surface area contributed by atoms with Crippen LogP contribution >= 0.6 is 23.1 Å². The molecule has 0 spiro atoms. The highest BCUT2D eigenvalue weighted by atomic mass is 32.2. The smallest absolute Gasteiger partial charge is 0.363 e. The summed E-state index contributed by atoms with van der Waals surface area (Å²) in [5, 5.41) is 19.3. The largest absolute Gasteiger partial charge is 0.481 e. The molecule has 0 aromatic carbocycles. The third-order valence-electron chi connectivity index (χ3n) is 2.30. The van der Waals surface area contributed by atoms with Crippen molar-refractivity contribution in [3.05, 3.63) is 39.0 Å². The molecular formula is C11H9N3O4S2. The summed E-state index contributed by atoms with van der Waals surface area (Å²) >= 11 is 2.60. The lowest BCUT2D eigenvalue weighted by atomic mass is 10.3. The Bertz CT molecular complexity index is 654. The Balaban J connectivity index is 2.13. The average molecular weight is 311 g/mol. The summed E-state index contributed by atoms with van der Waals surface area (Å²) in [5.74, 6) is -1.11. The van der Waals surface area contributed by atoms with Gasteiger partial charge in [0.2, 0.25) is 0 Å². The molecule has 9 heteroatoms. The van der Waals surface area contributed by atoms with Crippen molar-refractivity contribution in [2.45, 2.75) is 22.6 Å². The molecule has 0 aliphatic rings. The van der Waals surface area contributed by atoms with E-state index in [-0.39, 0.29) is 12.2 Å². The second-order valence-corrected chi connectivity index (χ2v) is 6.17. The molecule has 2 aromatic rings. The van der Waals surface area contributed by atoms with Crippen LogP contribution in [0, 0.1) is 17.0 Å². The number of carboxylic acids is 1. The predicted octanol–water partition coefficient (Wildman–Crippen LogP) is 2.53. The Labute approximate surface area is 121 Å². The number of hydrogen-bond donors (Lipinski definition) is 1. The molecule has 2 aromatic heterocycles. The van der Waals surface area contributed by atoms with E-state index in [1.54, 1.807) is 13.0 Å². The highest BCUT2D eigenvalue weighted by Gasteiger charge is 2.13. The number of carboxylic acid groups (broad SMARTS) is 1. The van der Waals surface area contributed by atoms with Gasteiger partial charge in [-0.2, -0.15) is 0 Å². The minimum Gasteiger partial charge on any atom is -0.481 e. The first-order valence-corrected chi connectivity index (χ1v) is 7.05. The van der Waals surface area contributed by atoms with E-state index in [0.717, 1.165) is 0 Å². The number of carbonyl (C=O) groups is 1. The normalized spacial score (nSPS) is 10.4. The van der Waals surface area contributed by atoms with Crippen molar-refractivity contribution in [3.63, 3.8) is 0 Å². The van der Waals surface area contributed by atoms with Crippen LogP contribution in [0.3, 0.4) is 0 Å². The van der Waals surface area contributed by atoms with Gasteiger partial charge < -0.3 is 15.2 Å². The second kappa shape index (κ2) is 5.97. The molecule has 0 bridgehead atoms. The van der Waals surface area contributed by atoms with Gasteiger partial charge in [-0.05, 0) is 22.9 Å². The first-order valence-electron chi connectivity index (χ1n) is 5.42. The molecule has 2 heterocycles. The van der Waals surface area contributed by atoms with Crippen LogP contribution in [0.4, 0.5) is 5.82 Å². The molecule has 0 radical (unpaired) electrons. The molecule has 0 unspecified atom stereocenters. The molecule has 7 nitrogen and oxygen atoms in total. The molecule has 104 valence electrons. The maximum Gasteiger partial charge on any atom is 0.363 e. The van der Waals surface area contributed by atoms with Crippen LogP contribution in [0.15, 0.2) is 27.6 Å². The fourth-order valence-electron chi connectivity index (χ4n) is 1.39. The van der Waals surface area contributed by atoms with Gasteiger partial charge in [0.15, 0.2) is 10.5 Å². The third-order valence-corrected chi connectivity index (χ3v) is 4.49. The van der Waals surface area contributed by atoms with Crippen LogP contribution < -0.4 is 0 Å². The van der Waals surface area contributed by atoms with Crippen molar-refractivity contribution >= 4 is 34.9 Å². The van der Waals surface area contributed by atoms with Gasteiger partial charge in [-0.3, -0.25) is 4.79 Å². The van der Waals surface area contributed by atoms with Gasteiger partial charge in [0, 0.05) is 10.9 Å². The van der Waals surface area contributed by atoms with E-state index in [2.05, 4.69) is 9.97 Å². The van der Waals surface area contributed by atoms with Crippen LogP contribution in [0.2, 0.25) is 0 Å². The predicted molar refractivity (Wildman–Crippen MR) is 73.2 cm³/mol. The number of aryl methyl sites for hydroxylation is 1. The van der Waals surface area contributed by atoms with Gasteiger partial charge in [0.05, 0.1) is 17.0 Å². The van der Waals surface area contributed by atoms with Crippen LogP contribution in [-0.4, -0.2) is 26.0 Å². The monoisotopic (exact) mass is 311 g/mol. The number of pyridine rings is 1. The summed E-state index contributed by atoms with van der Waals surface area (Å²) < 4.78 is 0.689. The second-order valence-electron chi connectivity index (χ2n) is 3.77. The Hall–Kier alpha value is -2.00. The summed E-state index contributed by atoms with van der Waals surface area (Å²) in [6, 6.07) is 2.91. The lowest BCUT2D eigenvalue weighted by molar-refractivity contribution is -0.389. The lowest BCUT2D eigenvalue weighted by Gasteiger charge is -1.95. The number of rotatable bonds is 5. The van der Waals surface area contributed by atoms with Gasteiger partial charge in [-0.15, -0.1) is 11.3 Å². The van der Waals surface area contributed by atoms with Crippen molar-refractivity contribution < 1.29 is 14.8 Å². The quantitative estimate of drug-likeness (QED) is 0.668. The van der Waals surface area contributed by atoms with E-state index in [4.69, 9.17) is 5.11 Å². The van der Waals surface area contributed by atoms with Gasteiger partial charge in [-0.1, -0.05) is 11.8 Å². The van der Waals surface area contributed by atoms with Crippen molar-refractivity contribution in [1.82, 2.24) is 9.97 Å². The maximum atomic E-state index is 10.7. The first kappa shape index (κ1) is 14.4. The topological polar surface area (TPSA) is 106 Å². The van der Waals surface area contributed by atoms with Crippen LogP contribution in [0.1, 0.15) is 10.6 Å². The van der Waals surface area contributed by atoms with E-state index in [1.807, 2.05) is 0 Å². The van der Waals surface area contributed by atoms with Gasteiger partial charge in [0.1, 0.15) is 0 Å². The number of nitrogens with zero attached hydrogens (tertiary/aromatic N) is 3. The average Bonchev–Trinajstić information content (AvgIpc) is 2.69. The minimum absolute atomic E-state index is 0.0530. The molecular weight excluding hydrogens is 302 g/mol. The SMILES string of the molecule is Cc1nc(Sc2ccc([N+](=O)[O-])nc2)sc1CC(=O)O. The Kier molecular flexibility index (Phi) is 4.30. The summed E-state index contributed by atoms with van der Waals surface area (Å²) in [6.07, 6.45) is 1.35. The molecule has 1 N–H and O–H groups in total. The zero-order chi connectivity index (χ0) is 14.7. The molecule has 0 saturated carbocycles. The van der Waals surface area contributed by atoms with E-state index in [9.17, 15) is 14.9 Å². The summed E-state index contributed by atoms with van der Waals surface area (Å²) in [6.45, 7) is 1.76. The lowest BCUT2D eigenvalue weighted by Crippen LogP contribution is -1.99. The van der Waals surface area contributed by atoms with Gasteiger partial charge in [-0.25, -0.2) is 4.98 Å². The number of hydrogen-bond acceptors (Lipinski definition) is 7. The summed E-state index contributed by atoms with van der Waals surface area (Å²) in [4.78, 5) is 30.0. The number of nitro groups is 1. The molecule has 20 heavy (non-hydrogen) atoms. The van der Waals surface area contributed by atoms with E-state index in [1.165, 1.54) is 35.4 Å². The van der Waals surface area contributed by atoms with Crippen LogP contribution in [0.25, 0.3) is 0 Å². The van der Waals surface area contributed by atoms with Crippen molar-refractivity contribution in [2.24, 2.45) is 0 Å². The molecule has 0 aliphatic carbocycles. The van der Waals surface area contributed by atoms with E-state index < -0.39 is 10.9 Å². The fraction of sp³-hybridized carbons (Fsp3) is 0.182. The maximum absolute atomic E-state index is 10.7. The Morgan fingerprint density at radius 3 is 2.85 bits per heavy atom. The Morgan fingerprint density at radius 2 is 2.30 bits per heavy atom.